The molecular formula is C13H14FN3. The third-order valence-corrected chi connectivity index (χ3v) is 2.57. The van der Waals surface area contributed by atoms with Crippen LogP contribution < -0.4 is 5.73 Å². The van der Waals surface area contributed by atoms with Crippen molar-refractivity contribution in [3.8, 4) is 0 Å². The molecule has 88 valence electrons. The van der Waals surface area contributed by atoms with E-state index in [2.05, 4.69) is 9.97 Å². The van der Waals surface area contributed by atoms with E-state index >= 15 is 0 Å². The lowest BCUT2D eigenvalue weighted by Crippen LogP contribution is -2.06. The second-order valence-corrected chi connectivity index (χ2v) is 3.91. The van der Waals surface area contributed by atoms with Gasteiger partial charge in [0, 0.05) is 6.42 Å². The fraction of sp³-hybridized carbons (Fsp3) is 0.231. The maximum absolute atomic E-state index is 13.2. The lowest BCUT2D eigenvalue weighted by molar-refractivity contribution is 0.602. The minimum atomic E-state index is -0.520. The van der Waals surface area contributed by atoms with Gasteiger partial charge >= 0.3 is 0 Å². The first-order chi connectivity index (χ1) is 8.16. The van der Waals surface area contributed by atoms with Crippen LogP contribution in [0.2, 0.25) is 0 Å². The highest BCUT2D eigenvalue weighted by molar-refractivity contribution is 5.32. The lowest BCUT2D eigenvalue weighted by Gasteiger charge is -2.04. The van der Waals surface area contributed by atoms with E-state index in [0.717, 1.165) is 6.42 Å². The van der Waals surface area contributed by atoms with Crippen LogP contribution in [0.5, 0.6) is 0 Å². The van der Waals surface area contributed by atoms with Crippen LogP contribution >= 0.6 is 0 Å². The number of halogens is 1. The minimum absolute atomic E-state index is 0.0689. The smallest absolute Gasteiger partial charge is 0.186 e. The Bertz CT molecular complexity index is 488. The first-order valence-electron chi connectivity index (χ1n) is 5.49. The zero-order valence-electron chi connectivity index (χ0n) is 9.65. The molecule has 0 radical (unpaired) electrons. The van der Waals surface area contributed by atoms with Crippen LogP contribution in [0.25, 0.3) is 0 Å². The van der Waals surface area contributed by atoms with Crippen LogP contribution in [0.3, 0.4) is 0 Å². The number of nitrogens with two attached hydrogens (primary N) is 1. The Kier molecular flexibility index (Phi) is 3.32. The number of rotatable bonds is 3. The zero-order valence-corrected chi connectivity index (χ0v) is 9.65. The van der Waals surface area contributed by atoms with Gasteiger partial charge in [-0.1, -0.05) is 30.3 Å². The topological polar surface area (TPSA) is 51.8 Å². The van der Waals surface area contributed by atoms with Crippen LogP contribution in [-0.2, 0) is 12.8 Å². The molecule has 1 aromatic carbocycles. The van der Waals surface area contributed by atoms with E-state index in [4.69, 9.17) is 5.73 Å². The summed E-state index contributed by atoms with van der Waals surface area (Å²) < 4.78 is 13.2. The summed E-state index contributed by atoms with van der Waals surface area (Å²) >= 11 is 0. The Morgan fingerprint density at radius 3 is 2.47 bits per heavy atom. The van der Waals surface area contributed by atoms with Crippen molar-refractivity contribution in [3.63, 3.8) is 0 Å². The summed E-state index contributed by atoms with van der Waals surface area (Å²) in [6.07, 6.45) is 1.49. The van der Waals surface area contributed by atoms with Gasteiger partial charge in [-0.15, -0.1) is 0 Å². The van der Waals surface area contributed by atoms with E-state index in [1.54, 1.807) is 6.92 Å². The molecule has 0 aliphatic heterocycles. The lowest BCUT2D eigenvalue weighted by atomic mass is 10.1. The molecule has 0 fully saturated rings. The summed E-state index contributed by atoms with van der Waals surface area (Å²) in [6.45, 7) is 1.60. The molecule has 0 saturated carbocycles. The van der Waals surface area contributed by atoms with Gasteiger partial charge in [-0.2, -0.15) is 0 Å². The molecule has 0 bridgehead atoms. The molecule has 0 amide bonds. The molecule has 2 aromatic rings. The number of aryl methyl sites for hydroxylation is 3. The molecule has 0 unspecified atom stereocenters. The van der Waals surface area contributed by atoms with Gasteiger partial charge in [0.1, 0.15) is 5.82 Å². The highest BCUT2D eigenvalue weighted by Crippen LogP contribution is 2.11. The standard InChI is InChI=1S/C13H14FN3/c1-9-12(14)13(15)17-11(16-9)8-7-10-5-3-2-4-6-10/h2-6H,7-8H2,1H3,(H2,15,16,17). The van der Waals surface area contributed by atoms with Crippen LogP contribution in [-0.4, -0.2) is 9.97 Å². The van der Waals surface area contributed by atoms with Gasteiger partial charge in [0.05, 0.1) is 5.69 Å². The van der Waals surface area contributed by atoms with E-state index in [1.165, 1.54) is 5.56 Å². The number of hydrogen-bond acceptors (Lipinski definition) is 3. The molecule has 0 aliphatic rings. The van der Waals surface area contributed by atoms with Crippen LogP contribution in [0.15, 0.2) is 30.3 Å². The van der Waals surface area contributed by atoms with Gasteiger partial charge in [-0.25, -0.2) is 14.4 Å². The third kappa shape index (κ3) is 2.78. The third-order valence-electron chi connectivity index (χ3n) is 2.57. The Morgan fingerprint density at radius 1 is 1.12 bits per heavy atom. The summed E-state index contributed by atoms with van der Waals surface area (Å²) in [5.74, 6) is -0.000671. The Hall–Kier alpha value is -1.97. The van der Waals surface area contributed by atoms with Gasteiger partial charge in [-0.3, -0.25) is 0 Å². The van der Waals surface area contributed by atoms with Crippen molar-refractivity contribution in [1.29, 1.82) is 0 Å². The van der Waals surface area contributed by atoms with Crippen LogP contribution in [0.4, 0.5) is 10.2 Å². The molecule has 1 aromatic heterocycles. The Labute approximate surface area is 99.5 Å². The summed E-state index contributed by atoms with van der Waals surface area (Å²) in [5, 5.41) is 0. The second kappa shape index (κ2) is 4.91. The van der Waals surface area contributed by atoms with Crippen molar-refractivity contribution in [2.75, 3.05) is 5.73 Å². The van der Waals surface area contributed by atoms with E-state index in [0.29, 0.717) is 17.9 Å². The highest BCUT2D eigenvalue weighted by atomic mass is 19.1. The number of anilines is 1. The molecule has 0 spiro atoms. The van der Waals surface area contributed by atoms with Gasteiger partial charge in [0.15, 0.2) is 11.6 Å². The maximum Gasteiger partial charge on any atom is 0.186 e. The molecule has 2 rings (SSSR count). The molecule has 0 atom stereocenters. The Balaban J connectivity index is 2.10. The second-order valence-electron chi connectivity index (χ2n) is 3.91. The first kappa shape index (κ1) is 11.5. The summed E-state index contributed by atoms with van der Waals surface area (Å²) in [6, 6.07) is 10.0. The number of nitrogens with zero attached hydrogens (tertiary/aromatic N) is 2. The van der Waals surface area contributed by atoms with E-state index < -0.39 is 5.82 Å². The molecule has 0 saturated heterocycles. The van der Waals surface area contributed by atoms with Crippen molar-refractivity contribution < 1.29 is 4.39 Å². The maximum atomic E-state index is 13.2. The van der Waals surface area contributed by atoms with Crippen molar-refractivity contribution in [2.24, 2.45) is 0 Å². The Morgan fingerprint density at radius 2 is 1.82 bits per heavy atom. The number of nitrogen functional groups attached to an aromatic ring is 1. The predicted octanol–water partition coefficient (Wildman–Crippen LogP) is 2.29. The van der Waals surface area contributed by atoms with Crippen molar-refractivity contribution in [3.05, 3.63) is 53.2 Å². The fourth-order valence-corrected chi connectivity index (χ4v) is 1.65. The van der Waals surface area contributed by atoms with E-state index in [1.807, 2.05) is 30.3 Å². The minimum Gasteiger partial charge on any atom is -0.381 e. The molecule has 4 heteroatoms. The van der Waals surface area contributed by atoms with Crippen LogP contribution in [0.1, 0.15) is 17.1 Å². The predicted molar refractivity (Wildman–Crippen MR) is 65.0 cm³/mol. The SMILES string of the molecule is Cc1nc(CCc2ccccc2)nc(N)c1F. The summed E-state index contributed by atoms with van der Waals surface area (Å²) in [4.78, 5) is 8.02. The van der Waals surface area contributed by atoms with E-state index in [9.17, 15) is 4.39 Å². The van der Waals surface area contributed by atoms with Crippen LogP contribution in [0, 0.1) is 12.7 Å². The largest absolute Gasteiger partial charge is 0.381 e. The molecule has 3 nitrogen and oxygen atoms in total. The summed E-state index contributed by atoms with van der Waals surface area (Å²) in [7, 11) is 0. The van der Waals surface area contributed by atoms with Gasteiger partial charge < -0.3 is 5.73 Å². The quantitative estimate of drug-likeness (QED) is 0.881. The molecule has 0 aliphatic carbocycles. The van der Waals surface area contributed by atoms with Crippen molar-refractivity contribution >= 4 is 5.82 Å². The van der Waals surface area contributed by atoms with Gasteiger partial charge in [0.25, 0.3) is 0 Å². The van der Waals surface area contributed by atoms with E-state index in [-0.39, 0.29) is 5.82 Å². The molecule has 1 heterocycles. The highest BCUT2D eigenvalue weighted by Gasteiger charge is 2.08. The zero-order chi connectivity index (χ0) is 12.3. The fourth-order valence-electron chi connectivity index (χ4n) is 1.65. The average molecular weight is 231 g/mol. The van der Waals surface area contributed by atoms with Gasteiger partial charge in [-0.05, 0) is 18.9 Å². The monoisotopic (exact) mass is 231 g/mol. The number of benzene rings is 1. The average Bonchev–Trinajstić information content (AvgIpc) is 2.34. The molecule has 17 heavy (non-hydrogen) atoms. The normalized spacial score (nSPS) is 10.5. The molecule has 2 N–H and O–H groups in total. The number of hydrogen-bond donors (Lipinski definition) is 1. The van der Waals surface area contributed by atoms with Crippen molar-refractivity contribution in [1.82, 2.24) is 9.97 Å². The summed E-state index contributed by atoms with van der Waals surface area (Å²) in [5.41, 5.74) is 6.98. The number of aromatic nitrogens is 2. The van der Waals surface area contributed by atoms with Crippen molar-refractivity contribution in [2.45, 2.75) is 19.8 Å². The molecular weight excluding hydrogens is 217 g/mol. The van der Waals surface area contributed by atoms with Gasteiger partial charge in [0.2, 0.25) is 0 Å². The first-order valence-corrected chi connectivity index (χ1v) is 5.49.